The molecule has 1 nitrogen and oxygen atoms in total. The van der Waals surface area contributed by atoms with Gasteiger partial charge in [-0.3, -0.25) is 0 Å². The molecule has 0 aliphatic carbocycles. The summed E-state index contributed by atoms with van der Waals surface area (Å²) >= 11 is 0.140. The first-order valence-corrected chi connectivity index (χ1v) is 10.1. The maximum absolute atomic E-state index is 13.6. The second-order valence-electron chi connectivity index (χ2n) is 7.24. The van der Waals surface area contributed by atoms with Crippen LogP contribution in [0.25, 0.3) is 0 Å². The minimum absolute atomic E-state index is 0.140. The van der Waals surface area contributed by atoms with Crippen LogP contribution in [0.15, 0.2) is 0 Å². The van der Waals surface area contributed by atoms with Gasteiger partial charge in [0.2, 0.25) is 0 Å². The molecular weight excluding hydrogens is 627 g/mol. The molecule has 0 rings (SSSR count). The van der Waals surface area contributed by atoms with E-state index in [2.05, 4.69) is 0 Å². The molecule has 0 spiro atoms. The van der Waals surface area contributed by atoms with Crippen molar-refractivity contribution in [1.29, 1.82) is 0 Å². The zero-order chi connectivity index (χ0) is 31.2. The second-order valence-corrected chi connectivity index (χ2v) is 8.46. The Morgan fingerprint density at radius 3 is 0.974 bits per heavy atom. The van der Waals surface area contributed by atoms with Crippen LogP contribution in [0.2, 0.25) is 0 Å². The van der Waals surface area contributed by atoms with Crippen LogP contribution in [0, 0.1) is 0 Å². The van der Waals surface area contributed by atoms with Crippen molar-refractivity contribution in [2.45, 2.75) is 72.3 Å². The summed E-state index contributed by atoms with van der Waals surface area (Å²) in [5, 5.41) is 8.39. The Morgan fingerprint density at radius 2 is 0.684 bits per heavy atom. The first-order chi connectivity index (χ1) is 16.3. The van der Waals surface area contributed by atoms with Gasteiger partial charge in [-0.1, -0.05) is 0 Å². The molecule has 1 N–H and O–H groups in total. The summed E-state index contributed by atoms with van der Waals surface area (Å²) in [7, 11) is 0. The molecule has 0 aromatic rings. The molecule has 0 amide bonds. The Bertz CT molecular complexity index is 801. The van der Waals surface area contributed by atoms with Gasteiger partial charge in [-0.2, -0.15) is 104 Å². The highest BCUT2D eigenvalue weighted by atomic mass is 32.2. The summed E-state index contributed by atoms with van der Waals surface area (Å²) < 4.78 is 277. The lowest BCUT2D eigenvalue weighted by Crippen LogP contribution is -2.76. The third kappa shape index (κ3) is 5.17. The van der Waals surface area contributed by atoms with Gasteiger partial charge in [0.25, 0.3) is 0 Å². The summed E-state index contributed by atoms with van der Waals surface area (Å²) in [5.41, 5.74) is 0. The predicted octanol–water partition coefficient (Wildman–Crippen LogP) is 7.77. The number of hydrogen-bond acceptors (Lipinski definition) is 2. The van der Waals surface area contributed by atoms with Crippen LogP contribution in [0.1, 0.15) is 12.8 Å². The van der Waals surface area contributed by atoms with Gasteiger partial charge in [0.1, 0.15) is 0 Å². The lowest BCUT2D eigenvalue weighted by atomic mass is 9.86. The number of halogens is 21. The van der Waals surface area contributed by atoms with Gasteiger partial charge in [0.05, 0.1) is 0 Å². The summed E-state index contributed by atoms with van der Waals surface area (Å²) in [5.74, 6) is -78.3. The van der Waals surface area contributed by atoms with Crippen LogP contribution in [0.4, 0.5) is 92.2 Å². The molecule has 0 atom stereocenters. The van der Waals surface area contributed by atoms with Crippen molar-refractivity contribution in [2.24, 2.45) is 0 Å². The average Bonchev–Trinajstić information content (AvgIpc) is 2.71. The summed E-state index contributed by atoms with van der Waals surface area (Å²) in [6, 6.07) is 0. The van der Waals surface area contributed by atoms with Gasteiger partial charge in [-0.15, -0.1) is 0 Å². The molecule has 38 heavy (non-hydrogen) atoms. The van der Waals surface area contributed by atoms with E-state index in [-0.39, 0.29) is 23.9 Å². The minimum atomic E-state index is -9.16. The molecule has 0 bridgehead atoms. The van der Waals surface area contributed by atoms with Crippen molar-refractivity contribution in [3.05, 3.63) is 0 Å². The Kier molecular flexibility index (Phi) is 10.0. The maximum Gasteiger partial charge on any atom is 0.460 e. The van der Waals surface area contributed by atoms with Crippen LogP contribution >= 0.6 is 11.8 Å². The fraction of sp³-hybridized carbons (Fsp3) is 1.00. The van der Waals surface area contributed by atoms with Crippen LogP contribution in [0.5, 0.6) is 0 Å². The third-order valence-electron chi connectivity index (χ3n) is 4.58. The largest absolute Gasteiger partial charge is 0.460 e. The van der Waals surface area contributed by atoms with Crippen LogP contribution < -0.4 is 0 Å². The maximum atomic E-state index is 13.6. The van der Waals surface area contributed by atoms with E-state index in [1.807, 2.05) is 0 Å². The van der Waals surface area contributed by atoms with Crippen molar-refractivity contribution in [2.75, 3.05) is 18.1 Å². The number of rotatable bonds is 14. The van der Waals surface area contributed by atoms with Gasteiger partial charge >= 0.3 is 59.5 Å². The first-order valence-electron chi connectivity index (χ1n) is 8.97. The molecular formula is C15H11F21OS. The van der Waals surface area contributed by atoms with Crippen molar-refractivity contribution in [3.8, 4) is 0 Å². The number of alkyl halides is 21. The summed E-state index contributed by atoms with van der Waals surface area (Å²) in [4.78, 5) is 0. The van der Waals surface area contributed by atoms with E-state index in [0.717, 1.165) is 0 Å². The van der Waals surface area contributed by atoms with Gasteiger partial charge in [-0.05, 0) is 17.9 Å². The summed E-state index contributed by atoms with van der Waals surface area (Å²) in [6.45, 7) is -0.633. The minimum Gasteiger partial charge on any atom is -0.396 e. The van der Waals surface area contributed by atoms with Crippen LogP contribution in [-0.2, 0) is 0 Å². The van der Waals surface area contributed by atoms with Gasteiger partial charge < -0.3 is 5.11 Å². The fourth-order valence-corrected chi connectivity index (χ4v) is 3.15. The molecule has 0 aliphatic heterocycles. The molecule has 23 heteroatoms. The molecule has 0 unspecified atom stereocenters. The third-order valence-corrected chi connectivity index (χ3v) is 5.65. The van der Waals surface area contributed by atoms with E-state index in [1.165, 1.54) is 0 Å². The van der Waals surface area contributed by atoms with E-state index in [9.17, 15) is 92.2 Å². The Labute approximate surface area is 200 Å². The highest BCUT2D eigenvalue weighted by molar-refractivity contribution is 7.99. The van der Waals surface area contributed by atoms with Crippen molar-refractivity contribution in [3.63, 3.8) is 0 Å². The lowest BCUT2D eigenvalue weighted by molar-refractivity contribution is -0.474. The molecule has 0 aromatic carbocycles. The number of aliphatic hydroxyl groups excluding tert-OH is 1. The van der Waals surface area contributed by atoms with Gasteiger partial charge in [-0.25, -0.2) is 0 Å². The first kappa shape index (κ1) is 36.8. The van der Waals surface area contributed by atoms with E-state index >= 15 is 0 Å². The van der Waals surface area contributed by atoms with Crippen LogP contribution in [0.3, 0.4) is 0 Å². The van der Waals surface area contributed by atoms with Crippen molar-refractivity contribution in [1.82, 2.24) is 0 Å². The van der Waals surface area contributed by atoms with Gasteiger partial charge in [0.15, 0.2) is 0 Å². The van der Waals surface area contributed by atoms with E-state index < -0.39 is 78.3 Å². The number of aliphatic hydroxyl groups is 1. The molecule has 230 valence electrons. The number of hydrogen-bond donors (Lipinski definition) is 1. The second kappa shape index (κ2) is 10.3. The summed E-state index contributed by atoms with van der Waals surface area (Å²) in [6.07, 6.45) is -10.9. The molecule has 0 fully saturated rings. The normalized spacial score (nSPS) is 16.3. The average molecular weight is 638 g/mol. The van der Waals surface area contributed by atoms with Crippen molar-refractivity contribution < 1.29 is 97.3 Å². The quantitative estimate of drug-likeness (QED) is 0.155. The van der Waals surface area contributed by atoms with E-state index in [0.29, 0.717) is 0 Å². The van der Waals surface area contributed by atoms with E-state index in [4.69, 9.17) is 5.11 Å². The predicted molar refractivity (Wildman–Crippen MR) is 84.2 cm³/mol. The highest BCUT2D eigenvalue weighted by Gasteiger charge is 2.97. The Morgan fingerprint density at radius 1 is 0.395 bits per heavy atom. The van der Waals surface area contributed by atoms with Crippen LogP contribution in [-0.4, -0.2) is 82.7 Å². The molecule has 0 saturated carbocycles. The molecule has 0 radical (unpaired) electrons. The van der Waals surface area contributed by atoms with Crippen molar-refractivity contribution >= 4 is 11.8 Å². The standard InChI is InChI=1S/C15H11F21OS/c16-6(17,2-5-38-4-1-3-37)7(18,19)8(20,21)9(22,23)10(24,25)11(26,27)12(28,29)13(30,31)14(32,33)15(34,35)36/h37H,1-5H2. The molecule has 0 aliphatic rings. The highest BCUT2D eigenvalue weighted by Crippen LogP contribution is 2.66. The Hall–Kier alpha value is -1.16. The zero-order valence-electron chi connectivity index (χ0n) is 17.3. The molecule has 0 aromatic heterocycles. The smallest absolute Gasteiger partial charge is 0.396 e. The van der Waals surface area contributed by atoms with E-state index in [1.54, 1.807) is 0 Å². The topological polar surface area (TPSA) is 20.2 Å². The molecule has 0 saturated heterocycles. The van der Waals surface area contributed by atoms with Gasteiger partial charge in [0, 0.05) is 13.0 Å². The lowest BCUT2D eigenvalue weighted by Gasteiger charge is -2.44. The fourth-order valence-electron chi connectivity index (χ4n) is 2.22. The zero-order valence-corrected chi connectivity index (χ0v) is 18.1. The SMILES string of the molecule is OCCCSCCC(F)(F)C(F)(F)C(F)(F)C(F)(F)C(F)(F)C(F)(F)C(F)(F)C(F)(F)C(F)(F)C(F)(F)F. The Balaban J connectivity index is 6.70. The molecule has 0 heterocycles. The number of thioether (sulfide) groups is 1. The monoisotopic (exact) mass is 638 g/mol.